The molecule has 0 saturated heterocycles. The van der Waals surface area contributed by atoms with E-state index in [1.54, 1.807) is 30.3 Å². The number of hydrogen-bond acceptors (Lipinski definition) is 6. The normalized spacial score (nSPS) is 13.1. The second-order valence-electron chi connectivity index (χ2n) is 7.20. The van der Waals surface area contributed by atoms with E-state index in [4.69, 9.17) is 4.42 Å². The van der Waals surface area contributed by atoms with E-state index < -0.39 is 10.3 Å². The summed E-state index contributed by atoms with van der Waals surface area (Å²) in [5, 5.41) is 10.9. The average molecular weight is 398 g/mol. The molecule has 0 bridgehead atoms. The Morgan fingerprint density at radius 1 is 1.25 bits per heavy atom. The van der Waals surface area contributed by atoms with Gasteiger partial charge >= 0.3 is 0 Å². The third-order valence-electron chi connectivity index (χ3n) is 3.92. The number of benzene rings is 1. The molecule has 0 unspecified atom stereocenters. The summed E-state index contributed by atoms with van der Waals surface area (Å²) in [6.45, 7) is 5.43. The van der Waals surface area contributed by atoms with Gasteiger partial charge in [0.1, 0.15) is 11.5 Å². The summed E-state index contributed by atoms with van der Waals surface area (Å²) in [5.41, 5.74) is -0.304. The standard InChI is InChI=1S/C20H18N2O5S/c1-20(2,3)17(23)11-18-21-19(24)16(28-18)10-14-7-8-15(27-14)12-5-4-6-13(9-12)22(25)26/h4-11H,1-3H3,(H,21,24). The van der Waals surface area contributed by atoms with Crippen LogP contribution >= 0.6 is 11.3 Å². The van der Waals surface area contributed by atoms with Crippen LogP contribution < -0.4 is 14.8 Å². The highest BCUT2D eigenvalue weighted by atomic mass is 32.1. The minimum atomic E-state index is -0.529. The van der Waals surface area contributed by atoms with E-state index >= 15 is 0 Å². The molecule has 3 aromatic rings. The zero-order valence-electron chi connectivity index (χ0n) is 15.5. The molecule has 0 saturated carbocycles. The first kappa shape index (κ1) is 19.5. The third-order valence-corrected chi connectivity index (χ3v) is 4.89. The van der Waals surface area contributed by atoms with Crippen molar-refractivity contribution in [3.8, 4) is 11.3 Å². The molecule has 3 rings (SSSR count). The molecule has 0 fully saturated rings. The van der Waals surface area contributed by atoms with Crippen molar-refractivity contribution in [3.63, 3.8) is 0 Å². The van der Waals surface area contributed by atoms with E-state index in [0.29, 0.717) is 26.3 Å². The van der Waals surface area contributed by atoms with Gasteiger partial charge in [-0.3, -0.25) is 19.7 Å². The molecule has 0 aliphatic carbocycles. The lowest BCUT2D eigenvalue weighted by Gasteiger charge is -2.12. The number of nitrogens with zero attached hydrogens (tertiary/aromatic N) is 1. The fraction of sp³-hybridized carbons (Fsp3) is 0.200. The molecule has 7 nitrogen and oxygen atoms in total. The lowest BCUT2D eigenvalue weighted by molar-refractivity contribution is -0.384. The molecular formula is C20H18N2O5S. The number of furan rings is 1. The van der Waals surface area contributed by atoms with E-state index in [1.807, 2.05) is 20.8 Å². The lowest BCUT2D eigenvalue weighted by Crippen LogP contribution is -2.22. The van der Waals surface area contributed by atoms with Crippen molar-refractivity contribution >= 4 is 35.0 Å². The molecule has 0 amide bonds. The number of aromatic amines is 1. The predicted molar refractivity (Wildman–Crippen MR) is 107 cm³/mol. The molecule has 0 aliphatic rings. The Kier molecular flexibility index (Phi) is 5.15. The fourth-order valence-corrected chi connectivity index (χ4v) is 3.21. The van der Waals surface area contributed by atoms with Crippen molar-refractivity contribution in [1.29, 1.82) is 0 Å². The monoisotopic (exact) mass is 398 g/mol. The number of nitrogens with one attached hydrogen (secondary N) is 1. The van der Waals surface area contributed by atoms with Gasteiger partial charge in [0.2, 0.25) is 0 Å². The molecular weight excluding hydrogens is 380 g/mol. The lowest BCUT2D eigenvalue weighted by atomic mass is 9.91. The second kappa shape index (κ2) is 7.40. The van der Waals surface area contributed by atoms with Gasteiger partial charge < -0.3 is 9.40 Å². The predicted octanol–water partition coefficient (Wildman–Crippen LogP) is 2.83. The molecule has 0 spiro atoms. The van der Waals surface area contributed by atoms with Crippen molar-refractivity contribution < 1.29 is 14.1 Å². The van der Waals surface area contributed by atoms with Gasteiger partial charge in [0.05, 0.1) is 14.1 Å². The maximum Gasteiger partial charge on any atom is 0.270 e. The van der Waals surface area contributed by atoms with Gasteiger partial charge in [-0.25, -0.2) is 0 Å². The fourth-order valence-electron chi connectivity index (χ4n) is 2.35. The van der Waals surface area contributed by atoms with Crippen LogP contribution in [0.4, 0.5) is 5.69 Å². The molecule has 28 heavy (non-hydrogen) atoms. The smallest absolute Gasteiger partial charge is 0.270 e. The molecule has 144 valence electrons. The van der Waals surface area contributed by atoms with E-state index in [2.05, 4.69) is 4.98 Å². The summed E-state index contributed by atoms with van der Waals surface area (Å²) in [5.74, 6) is 0.808. The summed E-state index contributed by atoms with van der Waals surface area (Å²) >= 11 is 1.16. The van der Waals surface area contributed by atoms with Gasteiger partial charge in [-0.1, -0.05) is 32.9 Å². The van der Waals surface area contributed by atoms with Crippen molar-refractivity contribution in [3.05, 3.63) is 71.8 Å². The van der Waals surface area contributed by atoms with Gasteiger partial charge in [0.15, 0.2) is 5.78 Å². The van der Waals surface area contributed by atoms with Crippen LogP contribution in [0.15, 0.2) is 45.6 Å². The quantitative estimate of drug-likeness (QED) is 0.537. The summed E-state index contributed by atoms with van der Waals surface area (Å²) in [6, 6.07) is 9.48. The maximum atomic E-state index is 12.1. The Bertz CT molecular complexity index is 1220. The van der Waals surface area contributed by atoms with Crippen LogP contribution in [-0.2, 0) is 4.79 Å². The van der Waals surface area contributed by atoms with E-state index in [-0.39, 0.29) is 17.0 Å². The Morgan fingerprint density at radius 3 is 2.68 bits per heavy atom. The number of ketones is 1. The van der Waals surface area contributed by atoms with Gasteiger partial charge in [-0.2, -0.15) is 0 Å². The van der Waals surface area contributed by atoms with Crippen LogP contribution in [0.5, 0.6) is 0 Å². The SMILES string of the molecule is CC(C)(C)C(=O)C=c1[nH]c(=O)c(=Cc2ccc(-c3cccc([N+](=O)[O-])c3)o2)s1. The van der Waals surface area contributed by atoms with Gasteiger partial charge in [-0.15, -0.1) is 11.3 Å². The molecule has 2 aromatic heterocycles. The number of rotatable bonds is 4. The van der Waals surface area contributed by atoms with Crippen molar-refractivity contribution in [1.82, 2.24) is 4.98 Å². The van der Waals surface area contributed by atoms with Crippen LogP contribution in [0.1, 0.15) is 26.5 Å². The number of carbonyl (C=O) groups is 1. The van der Waals surface area contributed by atoms with E-state index in [9.17, 15) is 19.7 Å². The Balaban J connectivity index is 1.95. The summed E-state index contributed by atoms with van der Waals surface area (Å²) in [4.78, 5) is 37.4. The number of H-pyrrole nitrogens is 1. The summed E-state index contributed by atoms with van der Waals surface area (Å²) in [7, 11) is 0. The van der Waals surface area contributed by atoms with Crippen LogP contribution in [0.3, 0.4) is 0 Å². The molecule has 0 aliphatic heterocycles. The topological polar surface area (TPSA) is 106 Å². The van der Waals surface area contributed by atoms with Crippen LogP contribution in [0.25, 0.3) is 23.5 Å². The first-order valence-corrected chi connectivity index (χ1v) is 9.27. The Hall–Kier alpha value is -3.26. The minimum Gasteiger partial charge on any atom is -0.457 e. The number of non-ortho nitro benzene ring substituents is 1. The average Bonchev–Trinajstić information content (AvgIpc) is 3.21. The van der Waals surface area contributed by atoms with Gasteiger partial charge in [0, 0.05) is 35.3 Å². The first-order chi connectivity index (χ1) is 13.1. The zero-order chi connectivity index (χ0) is 20.5. The number of thiazole rings is 1. The van der Waals surface area contributed by atoms with E-state index in [0.717, 1.165) is 11.3 Å². The maximum absolute atomic E-state index is 12.1. The number of hydrogen-bond donors (Lipinski definition) is 1. The van der Waals surface area contributed by atoms with Crippen molar-refractivity contribution in [2.45, 2.75) is 20.8 Å². The molecule has 8 heteroatoms. The second-order valence-corrected chi connectivity index (χ2v) is 8.28. The first-order valence-electron chi connectivity index (χ1n) is 8.45. The van der Waals surface area contributed by atoms with Crippen LogP contribution in [0.2, 0.25) is 0 Å². The summed E-state index contributed by atoms with van der Waals surface area (Å²) < 4.78 is 6.58. The number of aromatic nitrogens is 1. The number of nitro benzene ring substituents is 1. The minimum absolute atomic E-state index is 0.0298. The molecule has 1 N–H and O–H groups in total. The van der Waals surface area contributed by atoms with Gasteiger partial charge in [0.25, 0.3) is 11.2 Å². The van der Waals surface area contributed by atoms with Crippen LogP contribution in [0, 0.1) is 15.5 Å². The van der Waals surface area contributed by atoms with Crippen molar-refractivity contribution in [2.75, 3.05) is 0 Å². The van der Waals surface area contributed by atoms with Gasteiger partial charge in [-0.05, 0) is 12.1 Å². The third kappa shape index (κ3) is 4.34. The summed E-state index contributed by atoms with van der Waals surface area (Å²) in [6.07, 6.45) is 3.00. The Morgan fingerprint density at radius 2 is 2.00 bits per heavy atom. The highest BCUT2D eigenvalue weighted by Crippen LogP contribution is 2.25. The number of carbonyl (C=O) groups excluding carboxylic acids is 1. The number of Topliss-reactive ketones (excluding diaryl/α,β-unsaturated/α-hetero) is 1. The molecule has 1 aromatic carbocycles. The molecule has 0 radical (unpaired) electrons. The zero-order valence-corrected chi connectivity index (χ0v) is 16.3. The number of nitro groups is 1. The highest BCUT2D eigenvalue weighted by Gasteiger charge is 2.18. The molecule has 0 atom stereocenters. The Labute approximate surface area is 163 Å². The highest BCUT2D eigenvalue weighted by molar-refractivity contribution is 7.07. The van der Waals surface area contributed by atoms with Crippen LogP contribution in [-0.4, -0.2) is 15.7 Å². The molecule has 2 heterocycles. The largest absolute Gasteiger partial charge is 0.457 e. The van der Waals surface area contributed by atoms with Crippen molar-refractivity contribution in [2.24, 2.45) is 5.41 Å². The van der Waals surface area contributed by atoms with E-state index in [1.165, 1.54) is 18.2 Å².